The lowest BCUT2D eigenvalue weighted by atomic mass is 9.59. The Labute approximate surface area is 141 Å². The fraction of sp³-hybridized carbons (Fsp3) is 0.450. The Kier molecular flexibility index (Phi) is 4.39. The number of benzene rings is 1. The minimum Gasteiger partial charge on any atom is -0.462 e. The SMILES string of the molecule is CCOC(=O)c1ccc([C@]23CCC(=O)C(C)=C2CCCC3=O)cc1. The molecule has 3 rings (SSSR count). The summed E-state index contributed by atoms with van der Waals surface area (Å²) in [6.07, 6.45) is 3.09. The smallest absolute Gasteiger partial charge is 0.338 e. The van der Waals surface area contributed by atoms with Gasteiger partial charge in [-0.15, -0.1) is 0 Å². The number of ether oxygens (including phenoxy) is 1. The van der Waals surface area contributed by atoms with Gasteiger partial charge in [-0.2, -0.15) is 0 Å². The summed E-state index contributed by atoms with van der Waals surface area (Å²) in [6.45, 7) is 3.94. The Morgan fingerprint density at radius 3 is 2.50 bits per heavy atom. The van der Waals surface area contributed by atoms with Gasteiger partial charge in [0.2, 0.25) is 0 Å². The van der Waals surface area contributed by atoms with E-state index in [1.54, 1.807) is 19.1 Å². The number of ketones is 2. The van der Waals surface area contributed by atoms with Crippen molar-refractivity contribution in [3.05, 3.63) is 46.5 Å². The third-order valence-corrected chi connectivity index (χ3v) is 5.31. The van der Waals surface area contributed by atoms with Crippen molar-refractivity contribution in [2.75, 3.05) is 6.61 Å². The highest BCUT2D eigenvalue weighted by Crippen LogP contribution is 2.48. The van der Waals surface area contributed by atoms with Crippen LogP contribution >= 0.6 is 0 Å². The molecular weight excluding hydrogens is 304 g/mol. The average Bonchev–Trinajstić information content (AvgIpc) is 2.59. The molecule has 0 amide bonds. The van der Waals surface area contributed by atoms with Crippen molar-refractivity contribution in [2.45, 2.75) is 51.4 Å². The van der Waals surface area contributed by atoms with Crippen LogP contribution in [0.4, 0.5) is 0 Å². The molecule has 1 aromatic carbocycles. The number of hydrogen-bond acceptors (Lipinski definition) is 4. The fourth-order valence-corrected chi connectivity index (χ4v) is 4.06. The second-order valence-electron chi connectivity index (χ2n) is 6.51. The molecule has 0 spiro atoms. The van der Waals surface area contributed by atoms with Gasteiger partial charge >= 0.3 is 5.97 Å². The summed E-state index contributed by atoms with van der Waals surface area (Å²) in [6, 6.07) is 7.12. The Balaban J connectivity index is 2.06. The normalized spacial score (nSPS) is 23.9. The lowest BCUT2D eigenvalue weighted by Gasteiger charge is -2.42. The van der Waals surface area contributed by atoms with Gasteiger partial charge in [0.05, 0.1) is 17.6 Å². The van der Waals surface area contributed by atoms with Crippen LogP contribution in [0.3, 0.4) is 0 Å². The molecule has 0 heterocycles. The lowest BCUT2D eigenvalue weighted by molar-refractivity contribution is -0.126. The van der Waals surface area contributed by atoms with Gasteiger partial charge in [-0.05, 0) is 62.0 Å². The summed E-state index contributed by atoms with van der Waals surface area (Å²) in [5.74, 6) is -0.0137. The third kappa shape index (κ3) is 2.50. The van der Waals surface area contributed by atoms with Crippen molar-refractivity contribution in [2.24, 2.45) is 0 Å². The molecule has 1 atom stereocenters. The summed E-state index contributed by atoms with van der Waals surface area (Å²) in [7, 11) is 0. The number of esters is 1. The number of allylic oxidation sites excluding steroid dienone is 2. The molecule has 2 aliphatic rings. The highest BCUT2D eigenvalue weighted by molar-refractivity contribution is 6.04. The molecule has 0 bridgehead atoms. The molecule has 2 aliphatic carbocycles. The minimum absolute atomic E-state index is 0.151. The Hall–Kier alpha value is -2.23. The lowest BCUT2D eigenvalue weighted by Crippen LogP contribution is -2.44. The molecule has 4 heteroatoms. The highest BCUT2D eigenvalue weighted by atomic mass is 16.5. The van der Waals surface area contributed by atoms with Crippen molar-refractivity contribution >= 4 is 17.5 Å². The van der Waals surface area contributed by atoms with Crippen molar-refractivity contribution in [1.29, 1.82) is 0 Å². The van der Waals surface area contributed by atoms with E-state index < -0.39 is 5.41 Å². The zero-order valence-corrected chi connectivity index (χ0v) is 14.2. The van der Waals surface area contributed by atoms with Crippen LogP contribution in [0.1, 0.15) is 61.9 Å². The molecule has 24 heavy (non-hydrogen) atoms. The van der Waals surface area contributed by atoms with Crippen LogP contribution in [0, 0.1) is 0 Å². The van der Waals surface area contributed by atoms with Crippen LogP contribution in [-0.4, -0.2) is 24.1 Å². The van der Waals surface area contributed by atoms with E-state index in [1.807, 2.05) is 19.1 Å². The monoisotopic (exact) mass is 326 g/mol. The average molecular weight is 326 g/mol. The molecule has 4 nitrogen and oxygen atoms in total. The molecule has 1 saturated carbocycles. The first-order valence-electron chi connectivity index (χ1n) is 8.55. The van der Waals surface area contributed by atoms with E-state index in [4.69, 9.17) is 4.74 Å². The van der Waals surface area contributed by atoms with Gasteiger partial charge in [0.15, 0.2) is 5.78 Å². The van der Waals surface area contributed by atoms with E-state index in [1.165, 1.54) is 0 Å². The van der Waals surface area contributed by atoms with Crippen LogP contribution in [0.2, 0.25) is 0 Å². The maximum atomic E-state index is 12.9. The largest absolute Gasteiger partial charge is 0.462 e. The standard InChI is InChI=1S/C20H22O4/c1-3-24-19(23)14-7-9-15(10-8-14)20-12-11-17(21)13(2)16(20)5-4-6-18(20)22/h7-10H,3-6,11-12H2,1-2H3/t20-/m1/s1. The number of hydrogen-bond donors (Lipinski definition) is 0. The number of Topliss-reactive ketones (excluding diaryl/α,β-unsaturated/α-hetero) is 2. The summed E-state index contributed by atoms with van der Waals surface area (Å²) >= 11 is 0. The number of fused-ring (bicyclic) bond motifs is 1. The third-order valence-electron chi connectivity index (χ3n) is 5.31. The van der Waals surface area contributed by atoms with Gasteiger partial charge in [0, 0.05) is 12.8 Å². The molecule has 0 aliphatic heterocycles. The van der Waals surface area contributed by atoms with Gasteiger partial charge in [-0.1, -0.05) is 12.1 Å². The Morgan fingerprint density at radius 2 is 1.83 bits per heavy atom. The van der Waals surface area contributed by atoms with Gasteiger partial charge in [-0.3, -0.25) is 9.59 Å². The predicted molar refractivity (Wildman–Crippen MR) is 89.9 cm³/mol. The first-order chi connectivity index (χ1) is 11.5. The fourth-order valence-electron chi connectivity index (χ4n) is 4.06. The van der Waals surface area contributed by atoms with Gasteiger partial charge in [0.1, 0.15) is 5.78 Å². The zero-order chi connectivity index (χ0) is 17.3. The number of carbonyl (C=O) groups is 3. The highest BCUT2D eigenvalue weighted by Gasteiger charge is 2.48. The van der Waals surface area contributed by atoms with E-state index in [9.17, 15) is 14.4 Å². The number of carbonyl (C=O) groups excluding carboxylic acids is 3. The van der Waals surface area contributed by atoms with Crippen LogP contribution in [0.25, 0.3) is 0 Å². The maximum absolute atomic E-state index is 12.9. The molecule has 0 unspecified atom stereocenters. The molecule has 0 aromatic heterocycles. The van der Waals surface area contributed by atoms with Crippen molar-refractivity contribution in [1.82, 2.24) is 0 Å². The van der Waals surface area contributed by atoms with Gasteiger partial charge in [-0.25, -0.2) is 4.79 Å². The second kappa shape index (κ2) is 6.34. The Morgan fingerprint density at radius 1 is 1.12 bits per heavy atom. The molecule has 1 aromatic rings. The topological polar surface area (TPSA) is 60.4 Å². The predicted octanol–water partition coefficient (Wildman–Crippen LogP) is 3.53. The molecular formula is C20H22O4. The van der Waals surface area contributed by atoms with Gasteiger partial charge in [0.25, 0.3) is 0 Å². The summed E-state index contributed by atoms with van der Waals surface area (Å²) in [4.78, 5) is 36.8. The van der Waals surface area contributed by atoms with E-state index in [0.717, 1.165) is 29.6 Å². The van der Waals surface area contributed by atoms with Crippen molar-refractivity contribution < 1.29 is 19.1 Å². The van der Waals surface area contributed by atoms with Crippen LogP contribution < -0.4 is 0 Å². The van der Waals surface area contributed by atoms with Crippen molar-refractivity contribution in [3.8, 4) is 0 Å². The van der Waals surface area contributed by atoms with E-state index in [0.29, 0.717) is 31.4 Å². The maximum Gasteiger partial charge on any atom is 0.338 e. The molecule has 0 radical (unpaired) electrons. The molecule has 0 saturated heterocycles. The molecule has 126 valence electrons. The van der Waals surface area contributed by atoms with Crippen LogP contribution in [0.15, 0.2) is 35.4 Å². The van der Waals surface area contributed by atoms with E-state index in [2.05, 4.69) is 0 Å². The molecule has 0 N–H and O–H groups in total. The first kappa shape index (κ1) is 16.6. The van der Waals surface area contributed by atoms with E-state index >= 15 is 0 Å². The first-order valence-corrected chi connectivity index (χ1v) is 8.55. The molecule has 1 fully saturated rings. The van der Waals surface area contributed by atoms with Crippen molar-refractivity contribution in [3.63, 3.8) is 0 Å². The second-order valence-corrected chi connectivity index (χ2v) is 6.51. The quantitative estimate of drug-likeness (QED) is 0.797. The van der Waals surface area contributed by atoms with Gasteiger partial charge < -0.3 is 4.74 Å². The number of rotatable bonds is 3. The Bertz CT molecular complexity index is 727. The summed E-state index contributed by atoms with van der Waals surface area (Å²) in [5.41, 5.74) is 2.43. The van der Waals surface area contributed by atoms with E-state index in [-0.39, 0.29) is 17.5 Å². The zero-order valence-electron chi connectivity index (χ0n) is 14.2. The summed E-state index contributed by atoms with van der Waals surface area (Å²) in [5, 5.41) is 0. The summed E-state index contributed by atoms with van der Waals surface area (Å²) < 4.78 is 5.01. The minimum atomic E-state index is -0.677. The van der Waals surface area contributed by atoms with Crippen LogP contribution in [0.5, 0.6) is 0 Å². The van der Waals surface area contributed by atoms with Crippen LogP contribution in [-0.2, 0) is 19.7 Å².